The van der Waals surface area contributed by atoms with Gasteiger partial charge in [0.2, 0.25) is 0 Å². The fraction of sp³-hybridized carbons (Fsp3) is 0. The number of benzene rings is 7. The van der Waals surface area contributed by atoms with Gasteiger partial charge in [-0.05, 0) is 101 Å². The van der Waals surface area contributed by atoms with Crippen molar-refractivity contribution < 1.29 is 0 Å². The van der Waals surface area contributed by atoms with E-state index in [-0.39, 0.29) is 0 Å². The maximum atomic E-state index is 10.1. The highest BCUT2D eigenvalue weighted by atomic mass is 15.0. The zero-order valence-electron chi connectivity index (χ0n) is 31.6. The first kappa shape index (κ1) is 35.2. The average Bonchev–Trinajstić information content (AvgIpc) is 3.82. The summed E-state index contributed by atoms with van der Waals surface area (Å²) in [5.74, 6) is 0. The average molecular weight is 763 g/mol. The van der Waals surface area contributed by atoms with Gasteiger partial charge in [0.25, 0.3) is 0 Å². The molecule has 0 atom stereocenters. The lowest BCUT2D eigenvalue weighted by Crippen LogP contribution is -2.05. The highest BCUT2D eigenvalue weighted by molar-refractivity contribution is 6.13. The molecule has 0 N–H and O–H groups in total. The molecule has 3 heterocycles. The Morgan fingerprint density at radius 2 is 0.833 bits per heavy atom. The van der Waals surface area contributed by atoms with Crippen LogP contribution in [0.25, 0.3) is 88.4 Å². The lowest BCUT2D eigenvalue weighted by Gasteiger charge is -2.19. The Kier molecular flexibility index (Phi) is 8.23. The molecular formula is C52H26N8. The molecule has 60 heavy (non-hydrogen) atoms. The smallest absolute Gasteiger partial charge is 0.0998 e. The lowest BCUT2D eigenvalue weighted by molar-refractivity contribution is 1.09. The van der Waals surface area contributed by atoms with Crippen LogP contribution in [0.4, 0.5) is 0 Å². The van der Waals surface area contributed by atoms with Gasteiger partial charge in [0.05, 0.1) is 104 Å². The molecular weight excluding hydrogens is 737 g/mol. The summed E-state index contributed by atoms with van der Waals surface area (Å²) < 4.78 is 4.42. The van der Waals surface area contributed by atoms with Crippen molar-refractivity contribution in [2.75, 3.05) is 0 Å². The van der Waals surface area contributed by atoms with Crippen LogP contribution in [-0.2, 0) is 0 Å². The van der Waals surface area contributed by atoms with Crippen LogP contribution in [0, 0.1) is 56.7 Å². The summed E-state index contributed by atoms with van der Waals surface area (Å²) in [4.78, 5) is 4.93. The number of hydrogen-bond donors (Lipinski definition) is 0. The summed E-state index contributed by atoms with van der Waals surface area (Å²) in [6.07, 6.45) is 3.73. The minimum atomic E-state index is 0.425. The van der Waals surface area contributed by atoms with E-state index >= 15 is 0 Å². The molecule has 7 aromatic carbocycles. The fourth-order valence-electron chi connectivity index (χ4n) is 8.53. The molecule has 274 valence electrons. The number of hydrogen-bond acceptors (Lipinski definition) is 6. The monoisotopic (exact) mass is 762 g/mol. The van der Waals surface area contributed by atoms with Crippen LogP contribution in [-0.4, -0.2) is 14.1 Å². The highest BCUT2D eigenvalue weighted by Crippen LogP contribution is 2.43. The minimum absolute atomic E-state index is 0.425. The Morgan fingerprint density at radius 3 is 1.32 bits per heavy atom. The van der Waals surface area contributed by atoms with Crippen LogP contribution in [0.5, 0.6) is 0 Å². The predicted octanol–water partition coefficient (Wildman–Crippen LogP) is 11.6. The van der Waals surface area contributed by atoms with Gasteiger partial charge in [-0.25, -0.2) is 0 Å². The molecule has 0 fully saturated rings. The van der Waals surface area contributed by atoms with Crippen LogP contribution in [0.15, 0.2) is 158 Å². The Labute approximate surface area is 343 Å². The van der Waals surface area contributed by atoms with E-state index in [1.807, 2.05) is 79.1 Å². The lowest BCUT2D eigenvalue weighted by atomic mass is 9.97. The third-order valence-corrected chi connectivity index (χ3v) is 11.2. The number of fused-ring (bicyclic) bond motifs is 6. The molecule has 0 bridgehead atoms. The SMILES string of the molecule is N#Cc1cccc(-c2c(-n3c4ccccc4c4cc(-c5ccc(C#N)cc5C#N)ccc43)cncc2-n2c3ccccc3c3cc(-c4ccc(C#N)cc4C#N)ccc32)c1. The van der Waals surface area contributed by atoms with E-state index in [1.54, 1.807) is 30.3 Å². The van der Waals surface area contributed by atoms with Crippen molar-refractivity contribution in [1.29, 1.82) is 26.3 Å². The van der Waals surface area contributed by atoms with E-state index in [9.17, 15) is 26.3 Å². The molecule has 0 saturated carbocycles. The molecule has 0 radical (unpaired) electrons. The van der Waals surface area contributed by atoms with E-state index in [0.29, 0.717) is 27.8 Å². The summed E-state index contributed by atoms with van der Waals surface area (Å²) in [5.41, 5.74) is 12.5. The van der Waals surface area contributed by atoms with Crippen molar-refractivity contribution in [3.05, 3.63) is 186 Å². The van der Waals surface area contributed by atoms with Crippen LogP contribution in [0.1, 0.15) is 27.8 Å². The van der Waals surface area contributed by atoms with Crippen LogP contribution >= 0.6 is 0 Å². The Hall–Kier alpha value is -9.26. The van der Waals surface area contributed by atoms with E-state index < -0.39 is 0 Å². The van der Waals surface area contributed by atoms with E-state index in [2.05, 4.69) is 88.0 Å². The topological polar surface area (TPSA) is 142 Å². The van der Waals surface area contributed by atoms with Crippen LogP contribution in [0.3, 0.4) is 0 Å². The predicted molar refractivity (Wildman–Crippen MR) is 233 cm³/mol. The van der Waals surface area contributed by atoms with Crippen molar-refractivity contribution >= 4 is 43.6 Å². The maximum absolute atomic E-state index is 10.1. The third kappa shape index (κ3) is 5.45. The van der Waals surface area contributed by atoms with Crippen molar-refractivity contribution in [2.24, 2.45) is 0 Å². The van der Waals surface area contributed by atoms with Gasteiger partial charge in [0.15, 0.2) is 0 Å². The van der Waals surface area contributed by atoms with Gasteiger partial charge in [0.1, 0.15) is 0 Å². The van der Waals surface area contributed by atoms with Gasteiger partial charge in [-0.2, -0.15) is 26.3 Å². The first-order valence-corrected chi connectivity index (χ1v) is 19.0. The molecule has 0 saturated heterocycles. The van der Waals surface area contributed by atoms with Crippen molar-refractivity contribution in [3.8, 4) is 75.1 Å². The summed E-state index contributed by atoms with van der Waals surface area (Å²) >= 11 is 0. The molecule has 8 nitrogen and oxygen atoms in total. The number of rotatable bonds is 5. The van der Waals surface area contributed by atoms with Crippen molar-refractivity contribution in [3.63, 3.8) is 0 Å². The number of para-hydroxylation sites is 2. The Balaban J connectivity index is 1.26. The summed E-state index contributed by atoms with van der Waals surface area (Å²) in [6.45, 7) is 0. The van der Waals surface area contributed by atoms with Gasteiger partial charge in [-0.15, -0.1) is 0 Å². The normalized spacial score (nSPS) is 10.9. The van der Waals surface area contributed by atoms with Crippen LogP contribution in [0.2, 0.25) is 0 Å². The standard InChI is InChI=1S/C52H26N8/c53-25-32-6-5-7-37(20-32)52-50(59-46-10-3-1-8-42(46)44-23-35(14-18-48(44)59)40-16-12-33(26-54)21-38(40)28-56)30-58-31-51(52)60-47-11-4-2-9-43(47)45-24-36(15-19-49(45)60)41-17-13-34(27-55)22-39(41)29-57/h1-24,30-31H. The number of aromatic nitrogens is 3. The van der Waals surface area contributed by atoms with E-state index in [0.717, 1.165) is 88.4 Å². The first-order valence-electron chi connectivity index (χ1n) is 19.0. The van der Waals surface area contributed by atoms with E-state index in [4.69, 9.17) is 4.98 Å². The number of pyridine rings is 1. The zero-order valence-corrected chi connectivity index (χ0v) is 31.6. The van der Waals surface area contributed by atoms with Crippen LogP contribution < -0.4 is 0 Å². The molecule has 0 aliphatic carbocycles. The summed E-state index contributed by atoms with van der Waals surface area (Å²) in [6, 6.07) is 57.8. The van der Waals surface area contributed by atoms with Gasteiger partial charge < -0.3 is 9.13 Å². The second-order valence-corrected chi connectivity index (χ2v) is 14.4. The molecule has 0 unspecified atom stereocenters. The van der Waals surface area contributed by atoms with Crippen molar-refractivity contribution in [2.45, 2.75) is 0 Å². The molecule has 0 aliphatic heterocycles. The van der Waals surface area contributed by atoms with Crippen molar-refractivity contribution in [1.82, 2.24) is 14.1 Å². The second kappa shape index (κ2) is 14.0. The van der Waals surface area contributed by atoms with Gasteiger partial charge in [0, 0.05) is 27.1 Å². The molecule has 10 aromatic rings. The summed E-state index contributed by atoms with van der Waals surface area (Å²) in [7, 11) is 0. The zero-order chi connectivity index (χ0) is 40.9. The Morgan fingerprint density at radius 1 is 0.367 bits per heavy atom. The quantitative estimate of drug-likeness (QED) is 0.171. The molecule has 3 aromatic heterocycles. The molecule has 0 amide bonds. The molecule has 10 rings (SSSR count). The Bertz CT molecular complexity index is 3470. The molecule has 8 heteroatoms. The molecule has 0 spiro atoms. The first-order chi connectivity index (χ1) is 29.5. The third-order valence-electron chi connectivity index (χ3n) is 11.2. The fourth-order valence-corrected chi connectivity index (χ4v) is 8.53. The number of nitrogens with zero attached hydrogens (tertiary/aromatic N) is 8. The number of nitriles is 5. The van der Waals surface area contributed by atoms with Gasteiger partial charge in [-0.1, -0.05) is 72.8 Å². The molecule has 0 aliphatic rings. The second-order valence-electron chi connectivity index (χ2n) is 14.4. The highest BCUT2D eigenvalue weighted by Gasteiger charge is 2.23. The largest absolute Gasteiger partial charge is 0.307 e. The van der Waals surface area contributed by atoms with Gasteiger partial charge >= 0.3 is 0 Å². The minimum Gasteiger partial charge on any atom is -0.307 e. The van der Waals surface area contributed by atoms with Gasteiger partial charge in [-0.3, -0.25) is 4.98 Å². The van der Waals surface area contributed by atoms with E-state index in [1.165, 1.54) is 0 Å². The maximum Gasteiger partial charge on any atom is 0.0998 e. The summed E-state index contributed by atoms with van der Waals surface area (Å²) in [5, 5.41) is 53.1.